The van der Waals surface area contributed by atoms with E-state index in [1.165, 1.54) is 11.4 Å². The van der Waals surface area contributed by atoms with Crippen molar-refractivity contribution in [1.82, 2.24) is 9.62 Å². The first kappa shape index (κ1) is 16.7. The standard InChI is InChI=1S/C14H20N2O5S/c1-20-14(17)15-7-6-12-2-4-13(5-3-12)22(18,19)16-8-10-21-11-9-16/h2-5H,6-11H2,1H3,(H,15,17). The number of hydrogen-bond donors (Lipinski definition) is 1. The second kappa shape index (κ2) is 7.57. The Balaban J connectivity index is 1.97. The monoisotopic (exact) mass is 328 g/mol. The van der Waals surface area contributed by atoms with Crippen molar-refractivity contribution in [3.05, 3.63) is 29.8 Å². The maximum Gasteiger partial charge on any atom is 0.406 e. The van der Waals surface area contributed by atoms with Gasteiger partial charge in [-0.3, -0.25) is 0 Å². The predicted molar refractivity (Wildman–Crippen MR) is 80.1 cm³/mol. The maximum absolute atomic E-state index is 12.4. The average molecular weight is 328 g/mol. The smallest absolute Gasteiger partial charge is 0.406 e. The topological polar surface area (TPSA) is 84.9 Å². The fourth-order valence-electron chi connectivity index (χ4n) is 2.15. The van der Waals surface area contributed by atoms with E-state index in [1.807, 2.05) is 0 Å². The first-order valence-electron chi connectivity index (χ1n) is 7.02. The van der Waals surface area contributed by atoms with Crippen LogP contribution in [0.2, 0.25) is 0 Å². The lowest BCUT2D eigenvalue weighted by atomic mass is 10.1. The van der Waals surface area contributed by atoms with E-state index in [2.05, 4.69) is 10.1 Å². The number of nitrogens with one attached hydrogen (secondary N) is 1. The number of sulfonamides is 1. The summed E-state index contributed by atoms with van der Waals surface area (Å²) in [7, 11) is -2.15. The Morgan fingerprint density at radius 2 is 1.91 bits per heavy atom. The molecule has 0 spiro atoms. The summed E-state index contributed by atoms with van der Waals surface area (Å²) in [6.07, 6.45) is 0.124. The van der Waals surface area contributed by atoms with Gasteiger partial charge in [-0.15, -0.1) is 0 Å². The highest BCUT2D eigenvalue weighted by atomic mass is 32.2. The lowest BCUT2D eigenvalue weighted by molar-refractivity contribution is 0.0730. The molecule has 1 amide bonds. The van der Waals surface area contributed by atoms with Crippen molar-refractivity contribution in [3.63, 3.8) is 0 Å². The molecule has 1 aromatic rings. The molecule has 0 unspecified atom stereocenters. The maximum atomic E-state index is 12.4. The normalized spacial score (nSPS) is 16.2. The van der Waals surface area contributed by atoms with Crippen LogP contribution in [0.4, 0.5) is 4.79 Å². The number of morpholine rings is 1. The van der Waals surface area contributed by atoms with Gasteiger partial charge in [-0.1, -0.05) is 12.1 Å². The van der Waals surface area contributed by atoms with Gasteiger partial charge in [-0.25, -0.2) is 13.2 Å². The SMILES string of the molecule is COC(=O)NCCc1ccc(S(=O)(=O)N2CCOCC2)cc1. The molecule has 2 rings (SSSR count). The minimum absolute atomic E-state index is 0.277. The lowest BCUT2D eigenvalue weighted by Gasteiger charge is -2.26. The van der Waals surface area contributed by atoms with Gasteiger partial charge in [0.25, 0.3) is 0 Å². The molecule has 0 bridgehead atoms. The van der Waals surface area contributed by atoms with Crippen LogP contribution in [-0.4, -0.2) is 58.8 Å². The van der Waals surface area contributed by atoms with E-state index in [-0.39, 0.29) is 4.90 Å². The molecular formula is C14H20N2O5S. The molecule has 0 aliphatic carbocycles. The van der Waals surface area contributed by atoms with E-state index in [0.717, 1.165) is 5.56 Å². The number of benzene rings is 1. The predicted octanol–water partition coefficient (Wildman–Crippen LogP) is 0.606. The molecule has 7 nitrogen and oxygen atoms in total. The Labute approximate surface area is 130 Å². The molecule has 122 valence electrons. The van der Waals surface area contributed by atoms with Gasteiger partial charge in [-0.05, 0) is 24.1 Å². The molecule has 1 aliphatic rings. The highest BCUT2D eigenvalue weighted by Crippen LogP contribution is 2.17. The van der Waals surface area contributed by atoms with Gasteiger partial charge in [0.15, 0.2) is 0 Å². The number of amides is 1. The van der Waals surface area contributed by atoms with Crippen LogP contribution >= 0.6 is 0 Å². The molecule has 0 atom stereocenters. The zero-order valence-electron chi connectivity index (χ0n) is 12.4. The summed E-state index contributed by atoms with van der Waals surface area (Å²) in [5.74, 6) is 0. The number of nitrogens with zero attached hydrogens (tertiary/aromatic N) is 1. The average Bonchev–Trinajstić information content (AvgIpc) is 2.56. The van der Waals surface area contributed by atoms with Crippen LogP contribution in [0.25, 0.3) is 0 Å². The molecule has 0 radical (unpaired) electrons. The molecule has 1 N–H and O–H groups in total. The van der Waals surface area contributed by atoms with Crippen LogP contribution in [0.3, 0.4) is 0 Å². The Hall–Kier alpha value is -1.64. The first-order chi connectivity index (χ1) is 10.5. The molecule has 1 fully saturated rings. The van der Waals surface area contributed by atoms with Crippen LogP contribution in [-0.2, 0) is 25.9 Å². The van der Waals surface area contributed by atoms with Crippen LogP contribution in [0, 0.1) is 0 Å². The molecular weight excluding hydrogens is 308 g/mol. The lowest BCUT2D eigenvalue weighted by Crippen LogP contribution is -2.40. The zero-order chi connectivity index (χ0) is 16.0. The van der Waals surface area contributed by atoms with E-state index in [0.29, 0.717) is 39.3 Å². The van der Waals surface area contributed by atoms with E-state index in [1.54, 1.807) is 24.3 Å². The summed E-state index contributed by atoms with van der Waals surface area (Å²) in [5, 5.41) is 2.58. The van der Waals surface area contributed by atoms with Crippen molar-refractivity contribution in [2.75, 3.05) is 40.0 Å². The fraction of sp³-hybridized carbons (Fsp3) is 0.500. The van der Waals surface area contributed by atoms with Gasteiger partial charge in [-0.2, -0.15) is 4.31 Å². The summed E-state index contributed by atoms with van der Waals surface area (Å²) >= 11 is 0. The number of ether oxygens (including phenoxy) is 2. The second-order valence-corrected chi connectivity index (χ2v) is 6.77. The van der Waals surface area contributed by atoms with Gasteiger partial charge in [0, 0.05) is 19.6 Å². The van der Waals surface area contributed by atoms with Gasteiger partial charge >= 0.3 is 6.09 Å². The minimum atomic E-state index is -3.45. The Bertz CT molecular complexity index is 594. The largest absolute Gasteiger partial charge is 0.453 e. The summed E-state index contributed by atoms with van der Waals surface area (Å²) < 4.78 is 36.0. The van der Waals surface area contributed by atoms with E-state index >= 15 is 0 Å². The van der Waals surface area contributed by atoms with Crippen molar-refractivity contribution in [1.29, 1.82) is 0 Å². The Morgan fingerprint density at radius 1 is 1.27 bits per heavy atom. The number of alkyl carbamates (subject to hydrolysis) is 1. The number of methoxy groups -OCH3 is 1. The third kappa shape index (κ3) is 4.19. The van der Waals surface area contributed by atoms with E-state index in [4.69, 9.17) is 4.74 Å². The number of rotatable bonds is 5. The second-order valence-electron chi connectivity index (χ2n) is 4.83. The van der Waals surface area contributed by atoms with Gasteiger partial charge < -0.3 is 14.8 Å². The van der Waals surface area contributed by atoms with Gasteiger partial charge in [0.05, 0.1) is 25.2 Å². The van der Waals surface area contributed by atoms with Gasteiger partial charge in [0.1, 0.15) is 0 Å². The molecule has 8 heteroatoms. The quantitative estimate of drug-likeness (QED) is 0.856. The molecule has 1 aromatic carbocycles. The molecule has 1 saturated heterocycles. The summed E-state index contributed by atoms with van der Waals surface area (Å²) in [6, 6.07) is 6.70. The van der Waals surface area contributed by atoms with Crippen LogP contribution < -0.4 is 5.32 Å². The fourth-order valence-corrected chi connectivity index (χ4v) is 3.55. The first-order valence-corrected chi connectivity index (χ1v) is 8.46. The van der Waals surface area contributed by atoms with Crippen molar-refractivity contribution >= 4 is 16.1 Å². The van der Waals surface area contributed by atoms with E-state index < -0.39 is 16.1 Å². The summed E-state index contributed by atoms with van der Waals surface area (Å²) in [6.45, 7) is 2.05. The molecule has 22 heavy (non-hydrogen) atoms. The van der Waals surface area contributed by atoms with Crippen molar-refractivity contribution < 1.29 is 22.7 Å². The molecule has 1 heterocycles. The van der Waals surface area contributed by atoms with Crippen molar-refractivity contribution in [2.45, 2.75) is 11.3 Å². The number of carbonyl (C=O) groups is 1. The molecule has 0 aromatic heterocycles. The highest BCUT2D eigenvalue weighted by Gasteiger charge is 2.25. The summed E-state index contributed by atoms with van der Waals surface area (Å²) in [5.41, 5.74) is 0.942. The number of carbonyl (C=O) groups excluding carboxylic acids is 1. The molecule has 0 saturated carbocycles. The zero-order valence-corrected chi connectivity index (χ0v) is 13.3. The molecule has 1 aliphatic heterocycles. The number of hydrogen-bond acceptors (Lipinski definition) is 5. The van der Waals surface area contributed by atoms with Crippen LogP contribution in [0.1, 0.15) is 5.56 Å². The van der Waals surface area contributed by atoms with Crippen LogP contribution in [0.15, 0.2) is 29.2 Å². The van der Waals surface area contributed by atoms with Crippen molar-refractivity contribution in [3.8, 4) is 0 Å². The Kier molecular flexibility index (Phi) is 5.76. The summed E-state index contributed by atoms with van der Waals surface area (Å²) in [4.78, 5) is 11.2. The highest BCUT2D eigenvalue weighted by molar-refractivity contribution is 7.89. The minimum Gasteiger partial charge on any atom is -0.453 e. The van der Waals surface area contributed by atoms with Crippen molar-refractivity contribution in [2.24, 2.45) is 0 Å². The Morgan fingerprint density at radius 3 is 2.50 bits per heavy atom. The third-order valence-corrected chi connectivity index (χ3v) is 5.31. The van der Waals surface area contributed by atoms with Gasteiger partial charge in [0.2, 0.25) is 10.0 Å². The third-order valence-electron chi connectivity index (χ3n) is 3.40. The van der Waals surface area contributed by atoms with Crippen LogP contribution in [0.5, 0.6) is 0 Å². The van der Waals surface area contributed by atoms with E-state index in [9.17, 15) is 13.2 Å².